The zero-order valence-corrected chi connectivity index (χ0v) is 16.8. The van der Waals surface area contributed by atoms with E-state index in [4.69, 9.17) is 15.2 Å². The smallest absolute Gasteiger partial charge is 0.231 e. The van der Waals surface area contributed by atoms with Crippen LogP contribution in [0.4, 0.5) is 11.8 Å². The van der Waals surface area contributed by atoms with E-state index >= 15 is 0 Å². The average Bonchev–Trinajstić information content (AvgIpc) is 2.56. The molecule has 0 aliphatic rings. The molecule has 0 fully saturated rings. The number of benzene rings is 1. The number of carbonyl (C=O) groups excluding carboxylic acids is 1. The number of aromatic nitrogens is 2. The molecular formula is C20H28N4O3. The Labute approximate surface area is 160 Å². The van der Waals surface area contributed by atoms with Crippen molar-refractivity contribution in [2.45, 2.75) is 47.0 Å². The molecule has 27 heavy (non-hydrogen) atoms. The van der Waals surface area contributed by atoms with Crippen LogP contribution in [0.3, 0.4) is 0 Å². The van der Waals surface area contributed by atoms with E-state index in [1.165, 1.54) is 6.20 Å². The Morgan fingerprint density at radius 3 is 2.44 bits per heavy atom. The molecule has 1 aromatic heterocycles. The van der Waals surface area contributed by atoms with Gasteiger partial charge in [-0.15, -0.1) is 0 Å². The second-order valence-electron chi connectivity index (χ2n) is 7.21. The monoisotopic (exact) mass is 372 g/mol. The highest BCUT2D eigenvalue weighted by atomic mass is 16.5. The molecule has 0 unspecified atom stereocenters. The van der Waals surface area contributed by atoms with Crippen molar-refractivity contribution in [1.29, 1.82) is 0 Å². The number of amides is 1. The predicted molar refractivity (Wildman–Crippen MR) is 106 cm³/mol. The summed E-state index contributed by atoms with van der Waals surface area (Å²) in [6.45, 7) is 10.0. The lowest BCUT2D eigenvalue weighted by molar-refractivity contribution is -0.116. The van der Waals surface area contributed by atoms with Crippen LogP contribution in [0, 0.1) is 12.8 Å². The lowest BCUT2D eigenvalue weighted by Crippen LogP contribution is -2.16. The second kappa shape index (κ2) is 8.70. The highest BCUT2D eigenvalue weighted by Crippen LogP contribution is 2.37. The first-order chi connectivity index (χ1) is 12.7. The largest absolute Gasteiger partial charge is 0.496 e. The molecule has 7 nitrogen and oxygen atoms in total. The van der Waals surface area contributed by atoms with Gasteiger partial charge in [-0.2, -0.15) is 4.98 Å². The van der Waals surface area contributed by atoms with E-state index in [1.54, 1.807) is 7.11 Å². The van der Waals surface area contributed by atoms with E-state index in [2.05, 4.69) is 29.1 Å². The van der Waals surface area contributed by atoms with Gasteiger partial charge < -0.3 is 15.2 Å². The summed E-state index contributed by atoms with van der Waals surface area (Å²) in [5, 5.41) is 2.65. The molecule has 2 rings (SSSR count). The van der Waals surface area contributed by atoms with Crippen LogP contribution in [0.25, 0.3) is 0 Å². The third kappa shape index (κ3) is 5.32. The lowest BCUT2D eigenvalue weighted by atomic mass is 10.00. The molecule has 3 N–H and O–H groups in total. The van der Waals surface area contributed by atoms with Crippen molar-refractivity contribution >= 4 is 17.7 Å². The van der Waals surface area contributed by atoms with Crippen molar-refractivity contribution in [1.82, 2.24) is 9.97 Å². The number of carbonyl (C=O) groups is 1. The van der Waals surface area contributed by atoms with Gasteiger partial charge in [0.15, 0.2) is 11.6 Å². The Bertz CT molecular complexity index is 819. The molecular weight excluding hydrogens is 344 g/mol. The Hall–Kier alpha value is -2.83. The van der Waals surface area contributed by atoms with Gasteiger partial charge in [0.25, 0.3) is 0 Å². The van der Waals surface area contributed by atoms with Crippen LogP contribution >= 0.6 is 0 Å². The number of methoxy groups -OCH3 is 1. The summed E-state index contributed by atoms with van der Waals surface area (Å²) in [6, 6.07) is 3.87. The summed E-state index contributed by atoms with van der Waals surface area (Å²) in [5.41, 5.74) is 7.96. The average molecular weight is 372 g/mol. The SMILES string of the molecule is COc1cc(C(C)C)c(Oc2cnc(NC(=O)CC(C)C)nc2N)cc1C. The molecule has 0 aliphatic heterocycles. The van der Waals surface area contributed by atoms with Crippen LogP contribution < -0.4 is 20.5 Å². The van der Waals surface area contributed by atoms with E-state index in [-0.39, 0.29) is 29.5 Å². The first-order valence-electron chi connectivity index (χ1n) is 9.00. The van der Waals surface area contributed by atoms with E-state index in [0.717, 1.165) is 16.9 Å². The highest BCUT2D eigenvalue weighted by molar-refractivity contribution is 5.89. The van der Waals surface area contributed by atoms with Crippen molar-refractivity contribution in [3.8, 4) is 17.2 Å². The summed E-state index contributed by atoms with van der Waals surface area (Å²) in [4.78, 5) is 20.1. The van der Waals surface area contributed by atoms with Crippen molar-refractivity contribution in [2.75, 3.05) is 18.2 Å². The van der Waals surface area contributed by atoms with Gasteiger partial charge in [-0.3, -0.25) is 10.1 Å². The summed E-state index contributed by atoms with van der Waals surface area (Å²) in [5.74, 6) is 2.47. The van der Waals surface area contributed by atoms with E-state index in [9.17, 15) is 4.79 Å². The number of rotatable bonds is 7. The van der Waals surface area contributed by atoms with Gasteiger partial charge in [-0.05, 0) is 36.5 Å². The molecule has 1 heterocycles. The Kier molecular flexibility index (Phi) is 6.60. The lowest BCUT2D eigenvalue weighted by Gasteiger charge is -2.17. The van der Waals surface area contributed by atoms with Crippen molar-refractivity contribution in [3.63, 3.8) is 0 Å². The molecule has 0 aliphatic carbocycles. The topological polar surface area (TPSA) is 99.4 Å². The zero-order valence-electron chi connectivity index (χ0n) is 16.8. The van der Waals surface area contributed by atoms with Crippen molar-refractivity contribution in [3.05, 3.63) is 29.5 Å². The third-order valence-electron chi connectivity index (χ3n) is 4.00. The van der Waals surface area contributed by atoms with E-state index in [1.807, 2.05) is 32.9 Å². The van der Waals surface area contributed by atoms with Gasteiger partial charge >= 0.3 is 0 Å². The molecule has 0 bridgehead atoms. The molecule has 2 aromatic rings. The number of nitrogens with one attached hydrogen (secondary N) is 1. The summed E-state index contributed by atoms with van der Waals surface area (Å²) in [7, 11) is 1.64. The molecule has 146 valence electrons. The molecule has 7 heteroatoms. The molecule has 0 spiro atoms. The number of nitrogens with zero attached hydrogens (tertiary/aromatic N) is 2. The summed E-state index contributed by atoms with van der Waals surface area (Å²) < 4.78 is 11.4. The van der Waals surface area contributed by atoms with Crippen molar-refractivity contribution in [2.24, 2.45) is 5.92 Å². The van der Waals surface area contributed by atoms with Crippen LogP contribution in [0.15, 0.2) is 18.3 Å². The number of hydrogen-bond donors (Lipinski definition) is 2. The van der Waals surface area contributed by atoms with Gasteiger partial charge in [0.05, 0.1) is 13.3 Å². The van der Waals surface area contributed by atoms with Crippen LogP contribution in [0.5, 0.6) is 17.2 Å². The molecule has 1 aromatic carbocycles. The Balaban J connectivity index is 2.25. The molecule has 0 radical (unpaired) electrons. The number of nitrogens with two attached hydrogens (primary N) is 1. The van der Waals surface area contributed by atoms with Crippen LogP contribution in [0.1, 0.15) is 51.2 Å². The number of anilines is 2. The van der Waals surface area contributed by atoms with Gasteiger partial charge in [0, 0.05) is 12.0 Å². The molecule has 0 saturated heterocycles. The first kappa shape index (κ1) is 20.5. The number of aryl methyl sites for hydroxylation is 1. The molecule has 1 amide bonds. The summed E-state index contributed by atoms with van der Waals surface area (Å²) in [6.07, 6.45) is 1.86. The maximum absolute atomic E-state index is 11.9. The van der Waals surface area contributed by atoms with Gasteiger partial charge in [0.1, 0.15) is 11.5 Å². The fraction of sp³-hybridized carbons (Fsp3) is 0.450. The number of hydrogen-bond acceptors (Lipinski definition) is 6. The molecule has 0 atom stereocenters. The van der Waals surface area contributed by atoms with Gasteiger partial charge in [-0.25, -0.2) is 4.98 Å². The highest BCUT2D eigenvalue weighted by Gasteiger charge is 2.16. The van der Waals surface area contributed by atoms with Crippen LogP contribution in [-0.2, 0) is 4.79 Å². The fourth-order valence-corrected chi connectivity index (χ4v) is 2.62. The Morgan fingerprint density at radius 1 is 1.19 bits per heavy atom. The second-order valence-corrected chi connectivity index (χ2v) is 7.21. The van der Waals surface area contributed by atoms with Crippen LogP contribution in [0.2, 0.25) is 0 Å². The fourth-order valence-electron chi connectivity index (χ4n) is 2.62. The normalized spacial score (nSPS) is 11.0. The van der Waals surface area contributed by atoms with E-state index < -0.39 is 0 Å². The van der Waals surface area contributed by atoms with Crippen molar-refractivity contribution < 1.29 is 14.3 Å². The predicted octanol–water partition coefficient (Wildman–Crippen LogP) is 4.28. The minimum atomic E-state index is -0.147. The minimum Gasteiger partial charge on any atom is -0.496 e. The molecule has 0 saturated carbocycles. The number of ether oxygens (including phenoxy) is 2. The third-order valence-corrected chi connectivity index (χ3v) is 4.00. The minimum absolute atomic E-state index is 0.147. The first-order valence-corrected chi connectivity index (χ1v) is 9.00. The summed E-state index contributed by atoms with van der Waals surface area (Å²) >= 11 is 0. The maximum atomic E-state index is 11.9. The van der Waals surface area contributed by atoms with E-state index in [0.29, 0.717) is 17.9 Å². The zero-order chi connectivity index (χ0) is 20.1. The quantitative estimate of drug-likeness (QED) is 0.753. The van der Waals surface area contributed by atoms with Gasteiger partial charge in [0.2, 0.25) is 11.9 Å². The maximum Gasteiger partial charge on any atom is 0.231 e. The van der Waals surface area contributed by atoms with Crippen LogP contribution in [-0.4, -0.2) is 23.0 Å². The number of nitrogen functional groups attached to an aromatic ring is 1. The van der Waals surface area contributed by atoms with Gasteiger partial charge in [-0.1, -0.05) is 27.7 Å². The standard InChI is InChI=1S/C20H28N4O3/c1-11(2)7-18(25)23-20-22-10-17(19(21)24-20)27-16-8-13(5)15(26-6)9-14(16)12(3)4/h8-12H,7H2,1-6H3,(H3,21,22,23,24,25). The Morgan fingerprint density at radius 2 is 1.89 bits per heavy atom.